The summed E-state index contributed by atoms with van der Waals surface area (Å²) >= 11 is 0. The summed E-state index contributed by atoms with van der Waals surface area (Å²) in [5.74, 6) is 0.791. The van der Waals surface area contributed by atoms with Gasteiger partial charge >= 0.3 is 0 Å². The maximum absolute atomic E-state index is 4.84. The lowest BCUT2D eigenvalue weighted by molar-refractivity contribution is 0.163. The van der Waals surface area contributed by atoms with Gasteiger partial charge in [0.05, 0.1) is 0 Å². The normalized spacial score (nSPS) is 17.6. The first-order valence-electron chi connectivity index (χ1n) is 2.88. The third kappa shape index (κ3) is 1.45. The van der Waals surface area contributed by atoms with Crippen molar-refractivity contribution in [2.24, 2.45) is 5.16 Å². The van der Waals surface area contributed by atoms with Gasteiger partial charge in [-0.3, -0.25) is 0 Å². The highest BCUT2D eigenvalue weighted by Gasteiger charge is 2.00. The highest BCUT2D eigenvalue weighted by atomic mass is 16.6. The van der Waals surface area contributed by atoms with E-state index in [1.807, 2.05) is 20.0 Å². The molecule has 0 saturated carbocycles. The molecule has 0 radical (unpaired) electrons. The van der Waals surface area contributed by atoms with Crippen LogP contribution in [0.4, 0.5) is 0 Å². The van der Waals surface area contributed by atoms with Crippen LogP contribution in [0.2, 0.25) is 0 Å². The van der Waals surface area contributed by atoms with Crippen LogP contribution < -0.4 is 5.32 Å². The molecule has 0 saturated heterocycles. The van der Waals surface area contributed by atoms with Crippen molar-refractivity contribution in [2.75, 3.05) is 13.7 Å². The number of oxime groups is 1. The second-order valence-corrected chi connectivity index (χ2v) is 1.99. The van der Waals surface area contributed by atoms with Crippen LogP contribution in [0.1, 0.15) is 6.92 Å². The summed E-state index contributed by atoms with van der Waals surface area (Å²) < 4.78 is 0. The molecule has 0 fully saturated rings. The maximum atomic E-state index is 4.84. The molecule has 1 aliphatic rings. The summed E-state index contributed by atoms with van der Waals surface area (Å²) in [6.07, 6.45) is 1.96. The standard InChI is InChI=1S/C6H10N2O/c1-5-3-6(7-2)8-9-4-5/h3H,4H2,1-2H3,(H,7,8). The maximum Gasteiger partial charge on any atom is 0.165 e. The van der Waals surface area contributed by atoms with E-state index in [4.69, 9.17) is 4.84 Å². The summed E-state index contributed by atoms with van der Waals surface area (Å²) in [7, 11) is 1.82. The Bertz CT molecular complexity index is 160. The quantitative estimate of drug-likeness (QED) is 0.512. The van der Waals surface area contributed by atoms with Crippen LogP contribution in [0.25, 0.3) is 0 Å². The van der Waals surface area contributed by atoms with Crippen molar-refractivity contribution in [1.82, 2.24) is 5.32 Å². The molecular weight excluding hydrogens is 116 g/mol. The van der Waals surface area contributed by atoms with Gasteiger partial charge < -0.3 is 10.2 Å². The zero-order valence-corrected chi connectivity index (χ0v) is 5.64. The number of hydrogen-bond acceptors (Lipinski definition) is 3. The molecule has 0 unspecified atom stereocenters. The molecule has 0 aliphatic carbocycles. The monoisotopic (exact) mass is 126 g/mol. The molecule has 1 N–H and O–H groups in total. The first-order valence-corrected chi connectivity index (χ1v) is 2.88. The number of rotatable bonds is 0. The molecule has 0 aromatic rings. The predicted octanol–water partition coefficient (Wildman–Crippen LogP) is 0.496. The molecule has 1 aliphatic heterocycles. The van der Waals surface area contributed by atoms with E-state index in [2.05, 4.69) is 10.5 Å². The van der Waals surface area contributed by atoms with Gasteiger partial charge in [-0.25, -0.2) is 0 Å². The van der Waals surface area contributed by atoms with E-state index in [9.17, 15) is 0 Å². The van der Waals surface area contributed by atoms with E-state index < -0.39 is 0 Å². The van der Waals surface area contributed by atoms with E-state index >= 15 is 0 Å². The van der Waals surface area contributed by atoms with Gasteiger partial charge in [0.1, 0.15) is 6.61 Å². The lowest BCUT2D eigenvalue weighted by Gasteiger charge is -2.08. The van der Waals surface area contributed by atoms with Crippen molar-refractivity contribution in [3.63, 3.8) is 0 Å². The minimum absolute atomic E-state index is 0.616. The van der Waals surface area contributed by atoms with Crippen LogP contribution in [0, 0.1) is 0 Å². The molecule has 0 aromatic carbocycles. The highest BCUT2D eigenvalue weighted by molar-refractivity contribution is 5.93. The van der Waals surface area contributed by atoms with Crippen LogP contribution in [-0.4, -0.2) is 19.5 Å². The zero-order valence-electron chi connectivity index (χ0n) is 5.64. The molecule has 0 spiro atoms. The average molecular weight is 126 g/mol. The molecule has 0 aromatic heterocycles. The molecule has 1 heterocycles. The van der Waals surface area contributed by atoms with E-state index in [1.165, 1.54) is 5.57 Å². The third-order valence-corrected chi connectivity index (χ3v) is 1.09. The molecule has 3 nitrogen and oxygen atoms in total. The number of nitrogens with one attached hydrogen (secondary N) is 1. The Labute approximate surface area is 54.4 Å². The van der Waals surface area contributed by atoms with E-state index in [-0.39, 0.29) is 0 Å². The molecule has 3 heteroatoms. The Balaban J connectivity index is 2.63. The summed E-state index contributed by atoms with van der Waals surface area (Å²) in [6, 6.07) is 0. The van der Waals surface area contributed by atoms with Crippen molar-refractivity contribution >= 4 is 5.84 Å². The molecule has 50 valence electrons. The number of nitrogens with zero attached hydrogens (tertiary/aromatic N) is 1. The summed E-state index contributed by atoms with van der Waals surface area (Å²) in [5.41, 5.74) is 1.19. The molecule has 0 amide bonds. The van der Waals surface area contributed by atoms with Crippen molar-refractivity contribution in [3.05, 3.63) is 11.6 Å². The smallest absolute Gasteiger partial charge is 0.165 e. The zero-order chi connectivity index (χ0) is 6.69. The van der Waals surface area contributed by atoms with Crippen LogP contribution in [0.15, 0.2) is 16.8 Å². The van der Waals surface area contributed by atoms with Gasteiger partial charge in [-0.05, 0) is 18.6 Å². The van der Waals surface area contributed by atoms with Crippen LogP contribution in [-0.2, 0) is 4.84 Å². The molecule has 0 bridgehead atoms. The van der Waals surface area contributed by atoms with Crippen LogP contribution >= 0.6 is 0 Å². The lowest BCUT2D eigenvalue weighted by Crippen LogP contribution is -2.19. The van der Waals surface area contributed by atoms with Gasteiger partial charge in [0.2, 0.25) is 0 Å². The van der Waals surface area contributed by atoms with Gasteiger partial charge in [0, 0.05) is 7.05 Å². The number of hydrogen-bond donors (Lipinski definition) is 1. The Hall–Kier alpha value is -0.990. The average Bonchev–Trinajstić information content (AvgIpc) is 1.88. The largest absolute Gasteiger partial charge is 0.390 e. The Morgan fingerprint density at radius 3 is 3.00 bits per heavy atom. The third-order valence-electron chi connectivity index (χ3n) is 1.09. The second kappa shape index (κ2) is 2.53. The SMILES string of the molecule is CNC1=NOCC(C)=C1. The number of amidine groups is 1. The van der Waals surface area contributed by atoms with Gasteiger partial charge in [-0.15, -0.1) is 0 Å². The van der Waals surface area contributed by atoms with Gasteiger partial charge in [-0.1, -0.05) is 5.16 Å². The first kappa shape index (κ1) is 6.13. The fourth-order valence-corrected chi connectivity index (χ4v) is 0.623. The van der Waals surface area contributed by atoms with E-state index in [0.717, 1.165) is 5.84 Å². The second-order valence-electron chi connectivity index (χ2n) is 1.99. The number of likely N-dealkylation sites (N-methyl/N-ethyl adjacent to an activating group) is 1. The Morgan fingerprint density at radius 1 is 1.78 bits per heavy atom. The Kier molecular flexibility index (Phi) is 1.72. The lowest BCUT2D eigenvalue weighted by atomic mass is 10.3. The highest BCUT2D eigenvalue weighted by Crippen LogP contribution is 1.99. The van der Waals surface area contributed by atoms with E-state index in [1.54, 1.807) is 0 Å². The van der Waals surface area contributed by atoms with Crippen molar-refractivity contribution in [3.8, 4) is 0 Å². The van der Waals surface area contributed by atoms with Gasteiger partial charge in [0.25, 0.3) is 0 Å². The summed E-state index contributed by atoms with van der Waals surface area (Å²) in [6.45, 7) is 2.62. The minimum Gasteiger partial charge on any atom is -0.390 e. The summed E-state index contributed by atoms with van der Waals surface area (Å²) in [5, 5.41) is 6.61. The Morgan fingerprint density at radius 2 is 2.56 bits per heavy atom. The van der Waals surface area contributed by atoms with Crippen LogP contribution in [0.5, 0.6) is 0 Å². The van der Waals surface area contributed by atoms with Crippen LogP contribution in [0.3, 0.4) is 0 Å². The van der Waals surface area contributed by atoms with E-state index in [0.29, 0.717) is 6.61 Å². The molecule has 1 rings (SSSR count). The topological polar surface area (TPSA) is 33.6 Å². The van der Waals surface area contributed by atoms with Crippen molar-refractivity contribution in [2.45, 2.75) is 6.92 Å². The van der Waals surface area contributed by atoms with Crippen molar-refractivity contribution < 1.29 is 4.84 Å². The first-order chi connectivity index (χ1) is 4.33. The fourth-order valence-electron chi connectivity index (χ4n) is 0.623. The van der Waals surface area contributed by atoms with Crippen molar-refractivity contribution in [1.29, 1.82) is 0 Å². The fraction of sp³-hybridized carbons (Fsp3) is 0.500. The molecule has 0 atom stereocenters. The predicted molar refractivity (Wildman–Crippen MR) is 36.2 cm³/mol. The molecule has 9 heavy (non-hydrogen) atoms. The molecular formula is C6H10N2O. The van der Waals surface area contributed by atoms with Gasteiger partial charge in [0.15, 0.2) is 5.84 Å². The minimum atomic E-state index is 0.616. The summed E-state index contributed by atoms with van der Waals surface area (Å²) in [4.78, 5) is 4.84. The van der Waals surface area contributed by atoms with Gasteiger partial charge in [-0.2, -0.15) is 0 Å².